The van der Waals surface area contributed by atoms with Gasteiger partial charge in [0, 0.05) is 0 Å². The third-order valence-corrected chi connectivity index (χ3v) is 5.78. The van der Waals surface area contributed by atoms with E-state index in [1.807, 2.05) is 32.0 Å². The molecule has 0 bridgehead atoms. The lowest BCUT2D eigenvalue weighted by atomic mass is 10.1. The fourth-order valence-electron chi connectivity index (χ4n) is 2.07. The number of halogens is 3. The van der Waals surface area contributed by atoms with Gasteiger partial charge in [0.15, 0.2) is 0 Å². The molecule has 0 heterocycles. The predicted octanol–water partition coefficient (Wildman–Crippen LogP) is 5.32. The minimum Gasteiger partial charge on any atom is -0.279 e. The van der Waals surface area contributed by atoms with Crippen molar-refractivity contribution < 1.29 is 8.42 Å². The minimum absolute atomic E-state index is 0.0218. The van der Waals surface area contributed by atoms with E-state index in [1.54, 1.807) is 0 Å². The first-order valence-corrected chi connectivity index (χ1v) is 9.13. The Labute approximate surface area is 145 Å². The average molecular weight is 379 g/mol. The number of sulfonamides is 1. The van der Waals surface area contributed by atoms with E-state index >= 15 is 0 Å². The van der Waals surface area contributed by atoms with Gasteiger partial charge in [0.25, 0.3) is 10.0 Å². The molecule has 2 rings (SSSR count). The van der Waals surface area contributed by atoms with Crippen molar-refractivity contribution in [3.63, 3.8) is 0 Å². The van der Waals surface area contributed by atoms with Crippen molar-refractivity contribution in [3.05, 3.63) is 56.5 Å². The average Bonchev–Trinajstić information content (AvgIpc) is 2.44. The van der Waals surface area contributed by atoms with Crippen LogP contribution in [-0.2, 0) is 16.4 Å². The van der Waals surface area contributed by atoms with E-state index in [0.29, 0.717) is 12.1 Å². The van der Waals surface area contributed by atoms with E-state index in [0.717, 1.165) is 11.1 Å². The molecule has 118 valence electrons. The molecule has 0 spiro atoms. The van der Waals surface area contributed by atoms with Gasteiger partial charge in [0.05, 0.1) is 20.8 Å². The van der Waals surface area contributed by atoms with Crippen molar-refractivity contribution in [2.24, 2.45) is 0 Å². The maximum Gasteiger partial charge on any atom is 0.263 e. The van der Waals surface area contributed by atoms with Gasteiger partial charge in [-0.3, -0.25) is 4.72 Å². The van der Waals surface area contributed by atoms with Crippen molar-refractivity contribution in [1.82, 2.24) is 0 Å². The zero-order valence-electron chi connectivity index (χ0n) is 12.0. The summed E-state index contributed by atoms with van der Waals surface area (Å²) in [6.07, 6.45) is 0.703. The summed E-state index contributed by atoms with van der Waals surface area (Å²) in [4.78, 5) is -0.103. The SMILES string of the molecule is CCc1cccc(C)c1NS(=O)(=O)c1cc(Cl)c(Cl)cc1Cl. The fourth-order valence-corrected chi connectivity index (χ4v) is 4.24. The van der Waals surface area contributed by atoms with Crippen LogP contribution in [0.3, 0.4) is 0 Å². The largest absolute Gasteiger partial charge is 0.279 e. The molecule has 0 aliphatic rings. The van der Waals surface area contributed by atoms with E-state index in [9.17, 15) is 8.42 Å². The maximum absolute atomic E-state index is 12.6. The number of hydrogen-bond acceptors (Lipinski definition) is 2. The number of rotatable bonds is 4. The van der Waals surface area contributed by atoms with Gasteiger partial charge in [-0.1, -0.05) is 59.9 Å². The van der Waals surface area contributed by atoms with Crippen LogP contribution in [0.1, 0.15) is 18.1 Å². The van der Waals surface area contributed by atoms with Gasteiger partial charge >= 0.3 is 0 Å². The van der Waals surface area contributed by atoms with Gasteiger partial charge in [-0.05, 0) is 36.6 Å². The van der Waals surface area contributed by atoms with Crippen LogP contribution in [-0.4, -0.2) is 8.42 Å². The minimum atomic E-state index is -3.86. The van der Waals surface area contributed by atoms with Crippen LogP contribution in [0.2, 0.25) is 15.1 Å². The number of hydrogen-bond donors (Lipinski definition) is 1. The Morgan fingerprint density at radius 2 is 1.68 bits per heavy atom. The highest BCUT2D eigenvalue weighted by Crippen LogP contribution is 2.33. The zero-order chi connectivity index (χ0) is 16.5. The topological polar surface area (TPSA) is 46.2 Å². The lowest BCUT2D eigenvalue weighted by Crippen LogP contribution is -2.15. The molecule has 0 atom stereocenters. The summed E-state index contributed by atoms with van der Waals surface area (Å²) >= 11 is 17.7. The third kappa shape index (κ3) is 3.51. The van der Waals surface area contributed by atoms with E-state index in [4.69, 9.17) is 34.8 Å². The lowest BCUT2D eigenvalue weighted by Gasteiger charge is -2.15. The standard InChI is InChI=1S/C15H14Cl3NO2S/c1-3-10-6-4-5-9(2)15(10)19-22(20,21)14-8-12(17)11(16)7-13(14)18/h4-8,19H,3H2,1-2H3. The Hall–Kier alpha value is -0.940. The van der Waals surface area contributed by atoms with Gasteiger partial charge in [0.2, 0.25) is 0 Å². The van der Waals surface area contributed by atoms with Gasteiger partial charge in [-0.2, -0.15) is 0 Å². The maximum atomic E-state index is 12.6. The number of nitrogens with one attached hydrogen (secondary N) is 1. The number of aryl methyl sites for hydroxylation is 2. The van der Waals surface area contributed by atoms with Crippen LogP contribution < -0.4 is 4.72 Å². The molecule has 2 aromatic carbocycles. The van der Waals surface area contributed by atoms with Gasteiger partial charge in [-0.25, -0.2) is 8.42 Å². The van der Waals surface area contributed by atoms with Crippen molar-refractivity contribution in [3.8, 4) is 0 Å². The summed E-state index contributed by atoms with van der Waals surface area (Å²) in [6.45, 7) is 3.80. The zero-order valence-corrected chi connectivity index (χ0v) is 15.0. The van der Waals surface area contributed by atoms with Crippen molar-refractivity contribution >= 4 is 50.5 Å². The monoisotopic (exact) mass is 377 g/mol. The second-order valence-corrected chi connectivity index (χ2v) is 7.64. The predicted molar refractivity (Wildman–Crippen MR) is 92.8 cm³/mol. The Morgan fingerprint density at radius 3 is 2.32 bits per heavy atom. The fraction of sp³-hybridized carbons (Fsp3) is 0.200. The molecule has 0 unspecified atom stereocenters. The third-order valence-electron chi connectivity index (χ3n) is 3.24. The van der Waals surface area contributed by atoms with Gasteiger partial charge in [0.1, 0.15) is 4.90 Å². The molecule has 3 nitrogen and oxygen atoms in total. The Balaban J connectivity index is 2.52. The van der Waals surface area contributed by atoms with Gasteiger partial charge in [-0.15, -0.1) is 0 Å². The highest BCUT2D eigenvalue weighted by molar-refractivity contribution is 7.92. The van der Waals surface area contributed by atoms with Crippen LogP contribution in [0.25, 0.3) is 0 Å². The molecule has 0 aliphatic carbocycles. The van der Waals surface area contributed by atoms with E-state index < -0.39 is 10.0 Å². The van der Waals surface area contributed by atoms with E-state index in [2.05, 4.69) is 4.72 Å². The molecule has 0 aliphatic heterocycles. The first-order chi connectivity index (χ1) is 10.3. The van der Waals surface area contributed by atoms with Crippen LogP contribution >= 0.6 is 34.8 Å². The summed E-state index contributed by atoms with van der Waals surface area (Å²) in [6, 6.07) is 8.17. The summed E-state index contributed by atoms with van der Waals surface area (Å²) in [7, 11) is -3.86. The van der Waals surface area contributed by atoms with Crippen LogP contribution in [0.15, 0.2) is 35.2 Å². The molecule has 0 radical (unpaired) electrons. The molecule has 0 amide bonds. The smallest absolute Gasteiger partial charge is 0.263 e. The van der Waals surface area contributed by atoms with Gasteiger partial charge < -0.3 is 0 Å². The first kappa shape index (κ1) is 17.4. The summed E-state index contributed by atoms with van der Waals surface area (Å²) in [5, 5.41) is 0.358. The van der Waals surface area contributed by atoms with Crippen LogP contribution in [0, 0.1) is 6.92 Å². The molecule has 0 fully saturated rings. The number of anilines is 1. The van der Waals surface area contributed by atoms with Crippen molar-refractivity contribution in [2.45, 2.75) is 25.2 Å². The highest BCUT2D eigenvalue weighted by atomic mass is 35.5. The Bertz CT molecular complexity index is 820. The lowest BCUT2D eigenvalue weighted by molar-refractivity contribution is 0.601. The summed E-state index contributed by atoms with van der Waals surface area (Å²) in [5.41, 5.74) is 2.30. The number of benzene rings is 2. The quantitative estimate of drug-likeness (QED) is 0.732. The van der Waals surface area contributed by atoms with Crippen molar-refractivity contribution in [1.29, 1.82) is 0 Å². The molecule has 0 saturated carbocycles. The molecular formula is C15H14Cl3NO2S. The molecule has 1 N–H and O–H groups in total. The molecule has 22 heavy (non-hydrogen) atoms. The Kier molecular flexibility index (Phi) is 5.28. The van der Waals surface area contributed by atoms with Crippen LogP contribution in [0.4, 0.5) is 5.69 Å². The molecular weight excluding hydrogens is 365 g/mol. The Morgan fingerprint density at radius 1 is 1.05 bits per heavy atom. The first-order valence-electron chi connectivity index (χ1n) is 6.52. The second-order valence-electron chi connectivity index (χ2n) is 4.76. The molecule has 0 aromatic heterocycles. The molecule has 0 saturated heterocycles. The normalized spacial score (nSPS) is 11.5. The number of para-hydroxylation sites is 1. The summed E-state index contributed by atoms with van der Waals surface area (Å²) in [5.74, 6) is 0. The highest BCUT2D eigenvalue weighted by Gasteiger charge is 2.21. The van der Waals surface area contributed by atoms with Crippen LogP contribution in [0.5, 0.6) is 0 Å². The second kappa shape index (κ2) is 6.67. The van der Waals surface area contributed by atoms with Crippen molar-refractivity contribution in [2.75, 3.05) is 4.72 Å². The molecule has 2 aromatic rings. The summed E-state index contributed by atoms with van der Waals surface area (Å²) < 4.78 is 27.8. The van der Waals surface area contributed by atoms with E-state index in [-0.39, 0.29) is 20.0 Å². The van der Waals surface area contributed by atoms with E-state index in [1.165, 1.54) is 12.1 Å². The molecule has 7 heteroatoms.